The molecule has 0 amide bonds. The second-order valence-electron chi connectivity index (χ2n) is 15.4. The molecule has 246 valence electrons. The number of rotatable bonds is 6. The molecule has 7 rings (SSSR count). The monoisotopic (exact) mass is 646 g/mol. The normalized spacial score (nSPS) is 11.8. The Labute approximate surface area is 299 Å². The molecule has 50 heavy (non-hydrogen) atoms. The fourth-order valence-corrected chi connectivity index (χ4v) is 7.18. The standard InChI is InChI=1S/C50H46/c1-49(2,3)41-31-27-39(28-32-41)47-43(35-19-11-7-12-20-35)45(37-23-15-9-16-24-37)48(40-29-33-42(34-30-40)50(4,5)6)46(38-25-17-10-18-26-38)44(47)36-21-13-8-14-22-36/h7-34H,1-6H3. The molecular weight excluding hydrogens is 601 g/mol. The van der Waals surface area contributed by atoms with Crippen LogP contribution in [0.5, 0.6) is 0 Å². The van der Waals surface area contributed by atoms with Gasteiger partial charge >= 0.3 is 0 Å². The maximum atomic E-state index is 2.34. The van der Waals surface area contributed by atoms with E-state index < -0.39 is 0 Å². The first-order chi connectivity index (χ1) is 24.1. The number of hydrogen-bond acceptors (Lipinski definition) is 0. The molecule has 0 heterocycles. The van der Waals surface area contributed by atoms with Crippen LogP contribution in [0.25, 0.3) is 66.8 Å². The van der Waals surface area contributed by atoms with Gasteiger partial charge in [-0.1, -0.05) is 211 Å². The van der Waals surface area contributed by atoms with Gasteiger partial charge in [-0.25, -0.2) is 0 Å². The summed E-state index contributed by atoms with van der Waals surface area (Å²) in [6.45, 7) is 13.7. The summed E-state index contributed by atoms with van der Waals surface area (Å²) in [5.41, 5.74) is 17.4. The predicted octanol–water partition coefficient (Wildman–Crippen LogP) is 14.3. The van der Waals surface area contributed by atoms with Crippen LogP contribution in [-0.4, -0.2) is 0 Å². The van der Waals surface area contributed by atoms with Gasteiger partial charge in [0.2, 0.25) is 0 Å². The Morgan fingerprint density at radius 2 is 0.400 bits per heavy atom. The zero-order valence-corrected chi connectivity index (χ0v) is 30.2. The van der Waals surface area contributed by atoms with Crippen molar-refractivity contribution in [2.45, 2.75) is 52.4 Å². The van der Waals surface area contributed by atoms with E-state index in [0.717, 1.165) is 0 Å². The molecule has 0 bridgehead atoms. The third-order valence-electron chi connectivity index (χ3n) is 9.83. The lowest BCUT2D eigenvalue weighted by Crippen LogP contribution is -2.10. The Morgan fingerprint density at radius 1 is 0.220 bits per heavy atom. The molecule has 0 aliphatic carbocycles. The van der Waals surface area contributed by atoms with Gasteiger partial charge in [0.25, 0.3) is 0 Å². The molecule has 0 nitrogen and oxygen atoms in total. The van der Waals surface area contributed by atoms with Crippen molar-refractivity contribution < 1.29 is 0 Å². The summed E-state index contributed by atoms with van der Waals surface area (Å²) in [5.74, 6) is 0. The van der Waals surface area contributed by atoms with Crippen LogP contribution in [0.1, 0.15) is 52.7 Å². The second-order valence-corrected chi connectivity index (χ2v) is 15.4. The van der Waals surface area contributed by atoms with Gasteiger partial charge in [-0.3, -0.25) is 0 Å². The van der Waals surface area contributed by atoms with Crippen LogP contribution >= 0.6 is 0 Å². The topological polar surface area (TPSA) is 0 Å². The maximum absolute atomic E-state index is 2.34. The zero-order chi connectivity index (χ0) is 34.9. The molecule has 0 fully saturated rings. The van der Waals surface area contributed by atoms with E-state index in [-0.39, 0.29) is 10.8 Å². The highest BCUT2D eigenvalue weighted by atomic mass is 14.3. The van der Waals surface area contributed by atoms with Crippen LogP contribution in [0.4, 0.5) is 0 Å². The van der Waals surface area contributed by atoms with Gasteiger partial charge in [0, 0.05) is 0 Å². The highest BCUT2D eigenvalue weighted by Crippen LogP contribution is 2.56. The first kappa shape index (κ1) is 33.1. The Kier molecular flexibility index (Phi) is 8.89. The van der Waals surface area contributed by atoms with Crippen LogP contribution in [0.15, 0.2) is 170 Å². The summed E-state index contributed by atoms with van der Waals surface area (Å²) in [6.07, 6.45) is 0. The van der Waals surface area contributed by atoms with E-state index in [1.54, 1.807) is 0 Å². The van der Waals surface area contributed by atoms with Crippen molar-refractivity contribution in [3.63, 3.8) is 0 Å². The third kappa shape index (κ3) is 6.47. The molecule has 0 spiro atoms. The van der Waals surface area contributed by atoms with Gasteiger partial charge in [0.15, 0.2) is 0 Å². The molecule has 0 radical (unpaired) electrons. The van der Waals surface area contributed by atoms with Crippen LogP contribution < -0.4 is 0 Å². The van der Waals surface area contributed by atoms with Crippen molar-refractivity contribution in [2.75, 3.05) is 0 Å². The van der Waals surface area contributed by atoms with Gasteiger partial charge in [0.05, 0.1) is 0 Å². The SMILES string of the molecule is CC(C)(C)c1ccc(-c2c(-c3ccccc3)c(-c3ccccc3)c(-c3ccc(C(C)(C)C)cc3)c(-c3ccccc3)c2-c2ccccc2)cc1. The number of benzene rings is 7. The molecular formula is C50H46. The summed E-state index contributed by atoms with van der Waals surface area (Å²) in [5, 5.41) is 0. The van der Waals surface area contributed by atoms with Crippen LogP contribution in [0.2, 0.25) is 0 Å². The third-order valence-corrected chi connectivity index (χ3v) is 9.83. The molecule has 0 heteroatoms. The lowest BCUT2D eigenvalue weighted by atomic mass is 9.73. The summed E-state index contributed by atoms with van der Waals surface area (Å²) < 4.78 is 0. The van der Waals surface area contributed by atoms with E-state index in [0.29, 0.717) is 0 Å². The van der Waals surface area contributed by atoms with Gasteiger partial charge in [-0.15, -0.1) is 0 Å². The minimum Gasteiger partial charge on any atom is -0.0622 e. The molecule has 7 aromatic rings. The lowest BCUT2D eigenvalue weighted by molar-refractivity contribution is 0.590. The van der Waals surface area contributed by atoms with Crippen molar-refractivity contribution in [2.24, 2.45) is 0 Å². The molecule has 0 aliphatic heterocycles. The lowest BCUT2D eigenvalue weighted by Gasteiger charge is -2.29. The molecule has 0 unspecified atom stereocenters. The quantitative estimate of drug-likeness (QED) is 0.169. The van der Waals surface area contributed by atoms with Crippen molar-refractivity contribution in [3.05, 3.63) is 181 Å². The Bertz CT molecular complexity index is 1930. The zero-order valence-electron chi connectivity index (χ0n) is 30.2. The Hall–Kier alpha value is -5.46. The van der Waals surface area contributed by atoms with Gasteiger partial charge < -0.3 is 0 Å². The summed E-state index contributed by atoms with van der Waals surface area (Å²) in [6, 6.07) is 62.7. The highest BCUT2D eigenvalue weighted by Gasteiger charge is 2.29. The summed E-state index contributed by atoms with van der Waals surface area (Å²) in [4.78, 5) is 0. The van der Waals surface area contributed by atoms with E-state index in [1.165, 1.54) is 77.9 Å². The predicted molar refractivity (Wildman–Crippen MR) is 216 cm³/mol. The average Bonchev–Trinajstić information content (AvgIpc) is 3.14. The van der Waals surface area contributed by atoms with Crippen LogP contribution in [-0.2, 0) is 10.8 Å². The molecule has 0 saturated heterocycles. The van der Waals surface area contributed by atoms with Crippen LogP contribution in [0.3, 0.4) is 0 Å². The molecule has 0 saturated carbocycles. The molecule has 7 aromatic carbocycles. The van der Waals surface area contributed by atoms with Crippen LogP contribution in [0, 0.1) is 0 Å². The smallest absolute Gasteiger partial charge is 0.00139 e. The molecule has 0 aromatic heterocycles. The van der Waals surface area contributed by atoms with E-state index in [1.807, 2.05) is 0 Å². The first-order valence-corrected chi connectivity index (χ1v) is 17.8. The average molecular weight is 647 g/mol. The molecule has 0 atom stereocenters. The molecule has 0 aliphatic rings. The fraction of sp³-hybridized carbons (Fsp3) is 0.160. The van der Waals surface area contributed by atoms with Crippen molar-refractivity contribution in [1.82, 2.24) is 0 Å². The minimum atomic E-state index is 0.0521. The van der Waals surface area contributed by atoms with Crippen molar-refractivity contribution in [1.29, 1.82) is 0 Å². The van der Waals surface area contributed by atoms with E-state index >= 15 is 0 Å². The van der Waals surface area contributed by atoms with E-state index in [4.69, 9.17) is 0 Å². The van der Waals surface area contributed by atoms with E-state index in [2.05, 4.69) is 211 Å². The summed E-state index contributed by atoms with van der Waals surface area (Å²) >= 11 is 0. The van der Waals surface area contributed by atoms with E-state index in [9.17, 15) is 0 Å². The number of hydrogen-bond donors (Lipinski definition) is 0. The molecule has 0 N–H and O–H groups in total. The highest BCUT2D eigenvalue weighted by molar-refractivity contribution is 6.15. The van der Waals surface area contributed by atoms with Crippen molar-refractivity contribution >= 4 is 0 Å². The summed E-state index contributed by atoms with van der Waals surface area (Å²) in [7, 11) is 0. The first-order valence-electron chi connectivity index (χ1n) is 17.8. The van der Waals surface area contributed by atoms with Gasteiger partial charge in [-0.05, 0) is 88.7 Å². The minimum absolute atomic E-state index is 0.0521. The largest absolute Gasteiger partial charge is 0.0622 e. The Balaban J connectivity index is 1.76. The van der Waals surface area contributed by atoms with Gasteiger partial charge in [-0.2, -0.15) is 0 Å². The van der Waals surface area contributed by atoms with Crippen molar-refractivity contribution in [3.8, 4) is 66.8 Å². The van der Waals surface area contributed by atoms with Gasteiger partial charge in [0.1, 0.15) is 0 Å². The second kappa shape index (κ2) is 13.4. The Morgan fingerprint density at radius 3 is 0.580 bits per heavy atom. The fourth-order valence-electron chi connectivity index (χ4n) is 7.18. The maximum Gasteiger partial charge on any atom is -0.00139 e.